The van der Waals surface area contributed by atoms with Crippen LogP contribution in [0, 0.1) is 0 Å². The summed E-state index contributed by atoms with van der Waals surface area (Å²) in [6, 6.07) is 18.0. The number of hydrogen-bond donors (Lipinski definition) is 1. The predicted octanol–water partition coefficient (Wildman–Crippen LogP) is 5.06. The van der Waals surface area contributed by atoms with E-state index in [9.17, 15) is 4.79 Å². The number of amides is 1. The summed E-state index contributed by atoms with van der Waals surface area (Å²) in [5, 5.41) is 5.02. The molecule has 3 aromatic rings. The van der Waals surface area contributed by atoms with E-state index >= 15 is 0 Å². The Bertz CT molecular complexity index is 972. The maximum absolute atomic E-state index is 12.5. The first-order valence-electron chi connectivity index (χ1n) is 8.53. The Hall–Kier alpha value is -2.18. The molecule has 0 saturated heterocycles. The lowest BCUT2D eigenvalue weighted by molar-refractivity contribution is -0.115. The molecule has 0 radical (unpaired) electrons. The van der Waals surface area contributed by atoms with Gasteiger partial charge in [0.15, 0.2) is 4.80 Å². The van der Waals surface area contributed by atoms with E-state index in [4.69, 9.17) is 4.99 Å². The molecule has 1 heterocycles. The van der Waals surface area contributed by atoms with Gasteiger partial charge in [0.1, 0.15) is 0 Å². The summed E-state index contributed by atoms with van der Waals surface area (Å²) < 4.78 is 3.23. The van der Waals surface area contributed by atoms with Gasteiger partial charge >= 0.3 is 0 Å². The van der Waals surface area contributed by atoms with Gasteiger partial charge in [-0.2, -0.15) is 0 Å². The lowest BCUT2D eigenvalue weighted by atomic mass is 10.2. The number of nitrogens with one attached hydrogen (secondary N) is 1. The molecule has 1 amide bonds. The predicted molar refractivity (Wildman–Crippen MR) is 109 cm³/mol. The third-order valence-electron chi connectivity index (χ3n) is 4.18. The molecule has 4 rings (SSSR count). The molecule has 1 aliphatic rings. The fraction of sp³-hybridized carbons (Fsp3) is 0.200. The average molecular weight is 428 g/mol. The number of nitrogens with zero attached hydrogens (tertiary/aromatic N) is 2. The summed E-state index contributed by atoms with van der Waals surface area (Å²) in [6.45, 7) is 0. The van der Waals surface area contributed by atoms with E-state index in [0.717, 1.165) is 39.2 Å². The van der Waals surface area contributed by atoms with Crippen LogP contribution in [-0.2, 0) is 11.2 Å². The van der Waals surface area contributed by atoms with Gasteiger partial charge in [0.2, 0.25) is 5.91 Å². The smallest absolute Gasteiger partial charge is 0.230 e. The molecule has 2 aromatic carbocycles. The second kappa shape index (κ2) is 7.60. The molecule has 4 nitrogen and oxygen atoms in total. The van der Waals surface area contributed by atoms with Crippen LogP contribution >= 0.6 is 27.3 Å². The Morgan fingerprint density at radius 3 is 2.58 bits per heavy atom. The molecule has 0 aliphatic heterocycles. The van der Waals surface area contributed by atoms with Gasteiger partial charge in [-0.05, 0) is 49.2 Å². The van der Waals surface area contributed by atoms with Crippen LogP contribution in [-0.4, -0.2) is 10.5 Å². The molecule has 0 bridgehead atoms. The standard InChI is InChI=1S/C20H18BrN3OS/c21-14-6-8-16(9-7-14)22-19(25)12-18-13-26-20(24(18)17-10-11-17)23-15-4-2-1-3-5-15/h1-9,13,17H,10-12H2,(H,22,25). The normalized spacial score (nSPS) is 14.4. The number of carbonyl (C=O) groups is 1. The minimum Gasteiger partial charge on any atom is -0.326 e. The van der Waals surface area contributed by atoms with Crippen LogP contribution in [0.1, 0.15) is 24.6 Å². The first-order chi connectivity index (χ1) is 12.7. The van der Waals surface area contributed by atoms with Gasteiger partial charge in [0.05, 0.1) is 12.1 Å². The van der Waals surface area contributed by atoms with E-state index in [2.05, 4.69) is 31.2 Å². The Morgan fingerprint density at radius 2 is 1.88 bits per heavy atom. The number of benzene rings is 2. The minimum atomic E-state index is -0.00853. The van der Waals surface area contributed by atoms with Crippen molar-refractivity contribution in [3.05, 3.63) is 74.9 Å². The zero-order valence-corrected chi connectivity index (χ0v) is 16.5. The second-order valence-corrected chi connectivity index (χ2v) is 8.04. The average Bonchev–Trinajstić information content (AvgIpc) is 3.41. The number of hydrogen-bond acceptors (Lipinski definition) is 3. The number of thiazole rings is 1. The number of rotatable bonds is 5. The molecule has 132 valence electrons. The van der Waals surface area contributed by atoms with Crippen LogP contribution in [0.2, 0.25) is 0 Å². The van der Waals surface area contributed by atoms with Crippen molar-refractivity contribution < 1.29 is 4.79 Å². The first-order valence-corrected chi connectivity index (χ1v) is 10.2. The van der Waals surface area contributed by atoms with Crippen LogP contribution in [0.25, 0.3) is 0 Å². The zero-order valence-electron chi connectivity index (χ0n) is 14.1. The molecule has 1 fully saturated rings. The lowest BCUT2D eigenvalue weighted by Gasteiger charge is -2.08. The molecule has 1 saturated carbocycles. The van der Waals surface area contributed by atoms with Gasteiger partial charge in [-0.25, -0.2) is 4.99 Å². The maximum atomic E-state index is 12.5. The largest absolute Gasteiger partial charge is 0.326 e. The van der Waals surface area contributed by atoms with E-state index in [1.165, 1.54) is 0 Å². The molecule has 1 aliphatic carbocycles. The Morgan fingerprint density at radius 1 is 1.15 bits per heavy atom. The SMILES string of the molecule is O=C(Cc1csc(=Nc2ccccc2)n1C1CC1)Nc1ccc(Br)cc1. The molecular formula is C20H18BrN3OS. The number of aromatic nitrogens is 1. The molecule has 0 spiro atoms. The summed E-state index contributed by atoms with van der Waals surface area (Å²) in [6.07, 6.45) is 2.66. The minimum absolute atomic E-state index is 0.00853. The summed E-state index contributed by atoms with van der Waals surface area (Å²) >= 11 is 5.00. The van der Waals surface area contributed by atoms with Crippen molar-refractivity contribution in [3.63, 3.8) is 0 Å². The summed E-state index contributed by atoms with van der Waals surface area (Å²) in [7, 11) is 0. The van der Waals surface area contributed by atoms with Crippen molar-refractivity contribution >= 4 is 44.5 Å². The van der Waals surface area contributed by atoms with E-state index < -0.39 is 0 Å². The van der Waals surface area contributed by atoms with Gasteiger partial charge in [0.25, 0.3) is 0 Å². The fourth-order valence-corrected chi connectivity index (χ4v) is 4.04. The van der Waals surface area contributed by atoms with Gasteiger partial charge in [-0.3, -0.25) is 4.79 Å². The molecule has 0 unspecified atom stereocenters. The zero-order chi connectivity index (χ0) is 17.9. The highest BCUT2D eigenvalue weighted by Crippen LogP contribution is 2.35. The topological polar surface area (TPSA) is 46.4 Å². The van der Waals surface area contributed by atoms with Crippen molar-refractivity contribution in [1.29, 1.82) is 0 Å². The number of carbonyl (C=O) groups excluding carboxylic acids is 1. The highest BCUT2D eigenvalue weighted by atomic mass is 79.9. The second-order valence-electron chi connectivity index (χ2n) is 6.29. The molecule has 26 heavy (non-hydrogen) atoms. The van der Waals surface area contributed by atoms with E-state index in [-0.39, 0.29) is 5.91 Å². The van der Waals surface area contributed by atoms with Crippen LogP contribution in [0.15, 0.2) is 69.4 Å². The van der Waals surface area contributed by atoms with E-state index in [1.54, 1.807) is 11.3 Å². The number of anilines is 1. The van der Waals surface area contributed by atoms with Crippen molar-refractivity contribution in [1.82, 2.24) is 4.57 Å². The third kappa shape index (κ3) is 4.14. The molecule has 0 atom stereocenters. The molecule has 1 N–H and O–H groups in total. The highest BCUT2D eigenvalue weighted by Gasteiger charge is 2.27. The van der Waals surface area contributed by atoms with Crippen LogP contribution < -0.4 is 10.1 Å². The van der Waals surface area contributed by atoms with Gasteiger partial charge in [-0.1, -0.05) is 34.1 Å². The molecular weight excluding hydrogens is 410 g/mol. The third-order valence-corrected chi connectivity index (χ3v) is 5.60. The monoisotopic (exact) mass is 427 g/mol. The van der Waals surface area contributed by atoms with Crippen LogP contribution in [0.4, 0.5) is 11.4 Å². The van der Waals surface area contributed by atoms with Crippen LogP contribution in [0.5, 0.6) is 0 Å². The summed E-state index contributed by atoms with van der Waals surface area (Å²) in [5.41, 5.74) is 2.78. The number of halogens is 1. The Kier molecular flexibility index (Phi) is 5.04. The highest BCUT2D eigenvalue weighted by molar-refractivity contribution is 9.10. The van der Waals surface area contributed by atoms with Gasteiger partial charge in [-0.15, -0.1) is 11.3 Å². The van der Waals surface area contributed by atoms with Crippen LogP contribution in [0.3, 0.4) is 0 Å². The van der Waals surface area contributed by atoms with Crippen molar-refractivity contribution in [3.8, 4) is 0 Å². The fourth-order valence-electron chi connectivity index (χ4n) is 2.80. The Labute approximate surface area is 164 Å². The van der Waals surface area contributed by atoms with E-state index in [0.29, 0.717) is 12.5 Å². The van der Waals surface area contributed by atoms with Crippen molar-refractivity contribution in [2.45, 2.75) is 25.3 Å². The maximum Gasteiger partial charge on any atom is 0.230 e. The van der Waals surface area contributed by atoms with E-state index in [1.807, 2.05) is 54.6 Å². The summed E-state index contributed by atoms with van der Waals surface area (Å²) in [4.78, 5) is 18.2. The van der Waals surface area contributed by atoms with Gasteiger partial charge in [0, 0.05) is 27.3 Å². The van der Waals surface area contributed by atoms with Crippen molar-refractivity contribution in [2.75, 3.05) is 5.32 Å². The Balaban J connectivity index is 1.56. The molecule has 6 heteroatoms. The molecule has 1 aromatic heterocycles. The number of para-hydroxylation sites is 1. The van der Waals surface area contributed by atoms with Gasteiger partial charge < -0.3 is 9.88 Å². The van der Waals surface area contributed by atoms with Crippen molar-refractivity contribution in [2.24, 2.45) is 4.99 Å². The summed E-state index contributed by atoms with van der Waals surface area (Å²) in [5.74, 6) is -0.00853. The lowest BCUT2D eigenvalue weighted by Crippen LogP contribution is -2.21. The first kappa shape index (κ1) is 17.2. The quantitative estimate of drug-likeness (QED) is 0.607.